The van der Waals surface area contributed by atoms with Crippen molar-refractivity contribution in [2.45, 2.75) is 49.2 Å². The molecule has 48 heavy (non-hydrogen) atoms. The molecule has 3 amide bonds. The van der Waals surface area contributed by atoms with Crippen molar-refractivity contribution in [2.24, 2.45) is 0 Å². The first-order chi connectivity index (χ1) is 23.2. The summed E-state index contributed by atoms with van der Waals surface area (Å²) < 4.78 is 33.1. The number of nitrogens with one attached hydrogen (secondary N) is 3. The van der Waals surface area contributed by atoms with E-state index in [9.17, 15) is 27.4 Å². The molecule has 4 heterocycles. The molecular formula is C32H37N7O6S3. The number of unbranched alkanes of at least 4 members (excludes halogenated alkanes) is 1. The van der Waals surface area contributed by atoms with E-state index in [2.05, 4.69) is 30.9 Å². The number of anilines is 1. The van der Waals surface area contributed by atoms with Crippen molar-refractivity contribution < 1.29 is 27.4 Å². The van der Waals surface area contributed by atoms with Crippen molar-refractivity contribution >= 4 is 76.9 Å². The van der Waals surface area contributed by atoms with Crippen molar-refractivity contribution in [2.75, 3.05) is 36.0 Å². The lowest BCUT2D eigenvalue weighted by Gasteiger charge is -2.28. The summed E-state index contributed by atoms with van der Waals surface area (Å²) in [6.07, 6.45) is 7.53. The zero-order valence-corrected chi connectivity index (χ0v) is 28.5. The van der Waals surface area contributed by atoms with E-state index in [1.54, 1.807) is 40.2 Å². The molecule has 1 aliphatic heterocycles. The number of amides is 3. The first kappa shape index (κ1) is 35.3. The molecule has 2 atom stereocenters. The van der Waals surface area contributed by atoms with Gasteiger partial charge in [0.15, 0.2) is 0 Å². The van der Waals surface area contributed by atoms with E-state index in [4.69, 9.17) is 0 Å². The fraction of sp³-hybridized carbons (Fsp3) is 0.375. The molecule has 0 radical (unpaired) electrons. The SMILES string of the molecule is O=C(CCCCNC(=O)C(CS(=O)(=O)O)NC(=O)C1CCCN1c1ccnc2c1ccc1cccnc12)NCCSSc1ccccn1. The second-order valence-corrected chi connectivity index (χ2v) is 15.1. The second kappa shape index (κ2) is 16.9. The number of hydrogen-bond acceptors (Lipinski definition) is 11. The number of nitrogens with zero attached hydrogens (tertiary/aromatic N) is 4. The van der Waals surface area contributed by atoms with Crippen LogP contribution in [0, 0.1) is 0 Å². The Morgan fingerprint density at radius 2 is 1.77 bits per heavy atom. The molecule has 4 N–H and O–H groups in total. The highest BCUT2D eigenvalue weighted by molar-refractivity contribution is 8.76. The van der Waals surface area contributed by atoms with E-state index in [0.29, 0.717) is 44.3 Å². The summed E-state index contributed by atoms with van der Waals surface area (Å²) in [6.45, 7) is 1.26. The van der Waals surface area contributed by atoms with Crippen LogP contribution in [0.3, 0.4) is 0 Å². The van der Waals surface area contributed by atoms with Gasteiger partial charge in [0.05, 0.1) is 11.0 Å². The van der Waals surface area contributed by atoms with Gasteiger partial charge in [0, 0.05) is 66.9 Å². The molecule has 0 spiro atoms. The Bertz CT molecular complexity index is 1850. The summed E-state index contributed by atoms with van der Waals surface area (Å²) in [5, 5.41) is 10.7. The first-order valence-electron chi connectivity index (χ1n) is 15.6. The lowest BCUT2D eigenvalue weighted by molar-refractivity contribution is -0.129. The van der Waals surface area contributed by atoms with E-state index < -0.39 is 39.8 Å². The van der Waals surface area contributed by atoms with E-state index in [-0.39, 0.29) is 18.9 Å². The maximum Gasteiger partial charge on any atom is 0.267 e. The Hall–Kier alpha value is -3.99. The Morgan fingerprint density at radius 3 is 2.58 bits per heavy atom. The number of hydrogen-bond donors (Lipinski definition) is 4. The molecule has 2 unspecified atom stereocenters. The maximum absolute atomic E-state index is 13.5. The minimum atomic E-state index is -4.59. The van der Waals surface area contributed by atoms with Crippen molar-refractivity contribution in [3.05, 3.63) is 67.1 Å². The molecule has 5 rings (SSSR count). The number of pyridine rings is 3. The van der Waals surface area contributed by atoms with E-state index in [0.717, 1.165) is 32.8 Å². The van der Waals surface area contributed by atoms with Gasteiger partial charge in [0.2, 0.25) is 17.7 Å². The number of carbonyl (C=O) groups is 3. The second-order valence-electron chi connectivity index (χ2n) is 11.2. The van der Waals surface area contributed by atoms with Gasteiger partial charge in [0.1, 0.15) is 22.9 Å². The van der Waals surface area contributed by atoms with Crippen LogP contribution in [0.5, 0.6) is 0 Å². The van der Waals surface area contributed by atoms with E-state index in [1.807, 2.05) is 53.4 Å². The van der Waals surface area contributed by atoms with Gasteiger partial charge in [0.25, 0.3) is 10.1 Å². The third-order valence-corrected chi connectivity index (χ3v) is 10.8. The van der Waals surface area contributed by atoms with Crippen molar-refractivity contribution in [3.63, 3.8) is 0 Å². The summed E-state index contributed by atoms with van der Waals surface area (Å²) in [4.78, 5) is 53.9. The van der Waals surface area contributed by atoms with Gasteiger partial charge < -0.3 is 20.9 Å². The predicted molar refractivity (Wildman–Crippen MR) is 188 cm³/mol. The highest BCUT2D eigenvalue weighted by Gasteiger charge is 2.35. The molecule has 1 fully saturated rings. The van der Waals surface area contributed by atoms with Gasteiger partial charge in [-0.15, -0.1) is 0 Å². The molecule has 0 bridgehead atoms. The first-order valence-corrected chi connectivity index (χ1v) is 19.5. The summed E-state index contributed by atoms with van der Waals surface area (Å²) in [6, 6.07) is 13.0. The number of rotatable bonds is 16. The monoisotopic (exact) mass is 711 g/mol. The molecule has 254 valence electrons. The van der Waals surface area contributed by atoms with Gasteiger partial charge in [-0.1, -0.05) is 29.0 Å². The molecule has 0 saturated carbocycles. The van der Waals surface area contributed by atoms with Gasteiger partial charge in [-0.3, -0.25) is 28.9 Å². The average molecular weight is 712 g/mol. The molecule has 1 aliphatic rings. The largest absolute Gasteiger partial charge is 0.359 e. The standard InChI is InChI=1S/C32H37N7O6S3/c40-27(33-18-20-46-47-28-10-2-4-14-34-28)9-1-3-15-37-31(41)24(21-48(43,44)45)38-32(42)26-8-6-19-39(26)25-13-17-36-30-23(25)12-11-22-7-5-16-35-29(22)30/h2,4-5,7,10-14,16-17,24,26H,1,3,6,8-9,15,18-21H2,(H,33,40)(H,37,41)(H,38,42)(H,43,44,45). The highest BCUT2D eigenvalue weighted by atomic mass is 33.1. The summed E-state index contributed by atoms with van der Waals surface area (Å²) in [5.74, 6) is -1.60. The predicted octanol–water partition coefficient (Wildman–Crippen LogP) is 3.36. The lowest BCUT2D eigenvalue weighted by atomic mass is 10.1. The van der Waals surface area contributed by atoms with Crippen LogP contribution in [0.4, 0.5) is 5.69 Å². The summed E-state index contributed by atoms with van der Waals surface area (Å²) in [5.41, 5.74) is 2.23. The van der Waals surface area contributed by atoms with Gasteiger partial charge in [-0.25, -0.2) is 4.98 Å². The minimum absolute atomic E-state index is 0.103. The lowest BCUT2D eigenvalue weighted by Crippen LogP contribution is -2.54. The van der Waals surface area contributed by atoms with Crippen LogP contribution in [-0.4, -0.2) is 88.9 Å². The highest BCUT2D eigenvalue weighted by Crippen LogP contribution is 2.34. The third-order valence-electron chi connectivity index (χ3n) is 7.75. The van der Waals surface area contributed by atoms with Crippen LogP contribution in [0.15, 0.2) is 72.1 Å². The average Bonchev–Trinajstić information content (AvgIpc) is 3.57. The van der Waals surface area contributed by atoms with Crippen molar-refractivity contribution in [1.82, 2.24) is 30.9 Å². The summed E-state index contributed by atoms with van der Waals surface area (Å²) >= 11 is 0. The van der Waals surface area contributed by atoms with Crippen LogP contribution >= 0.6 is 21.6 Å². The molecule has 1 saturated heterocycles. The van der Waals surface area contributed by atoms with Crippen LogP contribution in [-0.2, 0) is 24.5 Å². The topological polar surface area (TPSA) is 184 Å². The number of carbonyl (C=O) groups excluding carboxylic acids is 3. The number of aromatic nitrogens is 3. The number of benzene rings is 1. The molecule has 13 nitrogen and oxygen atoms in total. The van der Waals surface area contributed by atoms with E-state index in [1.165, 1.54) is 0 Å². The van der Waals surface area contributed by atoms with Crippen LogP contribution in [0.2, 0.25) is 0 Å². The Labute approximate surface area is 286 Å². The molecular weight excluding hydrogens is 675 g/mol. The summed E-state index contributed by atoms with van der Waals surface area (Å²) in [7, 11) is -1.45. The van der Waals surface area contributed by atoms with Crippen LogP contribution in [0.1, 0.15) is 32.1 Å². The Kier molecular flexibility index (Phi) is 12.4. The van der Waals surface area contributed by atoms with Crippen LogP contribution in [0.25, 0.3) is 21.8 Å². The maximum atomic E-state index is 13.5. The van der Waals surface area contributed by atoms with Crippen molar-refractivity contribution in [3.8, 4) is 0 Å². The van der Waals surface area contributed by atoms with Gasteiger partial charge >= 0.3 is 0 Å². The zero-order valence-electron chi connectivity index (χ0n) is 26.1. The normalized spacial score (nSPS) is 15.4. The molecule has 4 aromatic rings. The fourth-order valence-electron chi connectivity index (χ4n) is 5.54. The molecule has 3 aromatic heterocycles. The molecule has 0 aliphatic carbocycles. The minimum Gasteiger partial charge on any atom is -0.359 e. The molecule has 16 heteroatoms. The fourth-order valence-corrected chi connectivity index (χ4v) is 7.98. The smallest absolute Gasteiger partial charge is 0.267 e. The quantitative estimate of drug-likeness (QED) is 0.0576. The van der Waals surface area contributed by atoms with Crippen molar-refractivity contribution in [1.29, 1.82) is 0 Å². The Balaban J connectivity index is 1.11. The Morgan fingerprint density at radius 1 is 0.938 bits per heavy atom. The third kappa shape index (κ3) is 9.78. The number of fused-ring (bicyclic) bond motifs is 3. The van der Waals surface area contributed by atoms with Crippen LogP contribution < -0.4 is 20.9 Å². The van der Waals surface area contributed by atoms with Gasteiger partial charge in [-0.05, 0) is 66.8 Å². The van der Waals surface area contributed by atoms with Gasteiger partial charge in [-0.2, -0.15) is 8.42 Å². The van der Waals surface area contributed by atoms with E-state index >= 15 is 0 Å². The zero-order chi connectivity index (χ0) is 33.9. The molecule has 1 aromatic carbocycles.